The quantitative estimate of drug-likeness (QED) is 0.413. The van der Waals surface area contributed by atoms with E-state index in [1.165, 1.54) is 26.1 Å². The molecule has 1 aromatic carbocycles. The van der Waals surface area contributed by atoms with Gasteiger partial charge < -0.3 is 18.4 Å². The second-order valence-electron chi connectivity index (χ2n) is 8.04. The molecular formula is C22H26N2O9S. The summed E-state index contributed by atoms with van der Waals surface area (Å²) >= 11 is 0. The molecule has 0 aliphatic carbocycles. The van der Waals surface area contributed by atoms with Crippen LogP contribution >= 0.6 is 0 Å². The van der Waals surface area contributed by atoms with Gasteiger partial charge in [-0.25, -0.2) is 4.79 Å². The zero-order valence-corrected chi connectivity index (χ0v) is 20.2. The van der Waals surface area contributed by atoms with Crippen LogP contribution in [0.15, 0.2) is 34.1 Å². The first-order chi connectivity index (χ1) is 15.9. The van der Waals surface area contributed by atoms with E-state index in [0.717, 1.165) is 10.1 Å². The van der Waals surface area contributed by atoms with Crippen molar-refractivity contribution in [2.24, 2.45) is 0 Å². The topological polar surface area (TPSA) is 140 Å². The predicted octanol–water partition coefficient (Wildman–Crippen LogP) is 1.72. The average molecular weight is 495 g/mol. The number of benzene rings is 1. The van der Waals surface area contributed by atoms with Crippen molar-refractivity contribution < 1.29 is 36.4 Å². The van der Waals surface area contributed by atoms with Crippen molar-refractivity contribution in [1.82, 2.24) is 9.55 Å². The van der Waals surface area contributed by atoms with Gasteiger partial charge in [-0.2, -0.15) is 13.4 Å². The van der Waals surface area contributed by atoms with Gasteiger partial charge in [0.05, 0.1) is 0 Å². The zero-order chi connectivity index (χ0) is 25.2. The highest BCUT2D eigenvalue weighted by Crippen LogP contribution is 2.31. The monoisotopic (exact) mass is 494 g/mol. The molecular weight excluding hydrogens is 468 g/mol. The molecule has 1 aliphatic rings. The number of carbonyl (C=O) groups is 2. The Hall–Kier alpha value is -3.25. The fraction of sp³-hybridized carbons (Fsp3) is 0.455. The van der Waals surface area contributed by atoms with E-state index in [2.05, 4.69) is 4.98 Å². The molecule has 3 rings (SSSR count). The van der Waals surface area contributed by atoms with Gasteiger partial charge in [0.15, 0.2) is 0 Å². The summed E-state index contributed by atoms with van der Waals surface area (Å²) in [5.41, 5.74) is 1.11. The van der Waals surface area contributed by atoms with Crippen molar-refractivity contribution in [3.05, 3.63) is 51.6 Å². The van der Waals surface area contributed by atoms with E-state index >= 15 is 0 Å². The van der Waals surface area contributed by atoms with Crippen LogP contribution in [0.25, 0.3) is 0 Å². The highest BCUT2D eigenvalue weighted by molar-refractivity contribution is 7.87. The minimum absolute atomic E-state index is 0.0146. The van der Waals surface area contributed by atoms with Gasteiger partial charge >= 0.3 is 27.7 Å². The summed E-state index contributed by atoms with van der Waals surface area (Å²) in [6, 6.07) is 4.66. The summed E-state index contributed by atoms with van der Waals surface area (Å²) < 4.78 is 47.8. The van der Waals surface area contributed by atoms with Crippen LogP contribution in [0.4, 0.5) is 0 Å². The van der Waals surface area contributed by atoms with Gasteiger partial charge in [0.25, 0.3) is 0 Å². The third-order valence-corrected chi connectivity index (χ3v) is 6.65. The van der Waals surface area contributed by atoms with Crippen LogP contribution in [0.2, 0.25) is 0 Å². The van der Waals surface area contributed by atoms with Crippen LogP contribution in [-0.4, -0.2) is 48.7 Å². The van der Waals surface area contributed by atoms with Crippen LogP contribution in [0.3, 0.4) is 0 Å². The Morgan fingerprint density at radius 3 is 2.35 bits per heavy atom. The van der Waals surface area contributed by atoms with Crippen LogP contribution < -0.4 is 9.87 Å². The fourth-order valence-electron chi connectivity index (χ4n) is 3.94. The maximum atomic E-state index is 12.8. The molecule has 2 heterocycles. The lowest BCUT2D eigenvalue weighted by Crippen LogP contribution is -2.31. The van der Waals surface area contributed by atoms with Crippen molar-refractivity contribution in [1.29, 1.82) is 0 Å². The van der Waals surface area contributed by atoms with Gasteiger partial charge in [0.1, 0.15) is 29.9 Å². The number of hydrogen-bond donors (Lipinski definition) is 0. The first kappa shape index (κ1) is 25.4. The molecule has 0 amide bonds. The molecule has 1 aliphatic heterocycles. The molecule has 12 heteroatoms. The van der Waals surface area contributed by atoms with Crippen LogP contribution in [0.1, 0.15) is 43.2 Å². The normalized spacial score (nSPS) is 20.1. The number of carbonyl (C=O) groups excluding carboxylic acids is 2. The average Bonchev–Trinajstić information content (AvgIpc) is 3.06. The zero-order valence-electron chi connectivity index (χ0n) is 19.4. The predicted molar refractivity (Wildman–Crippen MR) is 118 cm³/mol. The van der Waals surface area contributed by atoms with Crippen LogP contribution in [0, 0.1) is 20.8 Å². The lowest BCUT2D eigenvalue weighted by Gasteiger charge is -2.17. The van der Waals surface area contributed by atoms with Gasteiger partial charge in [0.2, 0.25) is 5.88 Å². The minimum atomic E-state index is -4.23. The highest BCUT2D eigenvalue weighted by Gasteiger charge is 2.39. The molecule has 0 N–H and O–H groups in total. The lowest BCUT2D eigenvalue weighted by atomic mass is 10.1. The van der Waals surface area contributed by atoms with E-state index in [1.807, 2.05) is 6.92 Å². The number of nitrogens with zero attached hydrogens (tertiary/aromatic N) is 2. The summed E-state index contributed by atoms with van der Waals surface area (Å²) in [7, 11) is -4.23. The smallest absolute Gasteiger partial charge is 0.353 e. The second kappa shape index (κ2) is 9.94. The number of hydrogen-bond acceptors (Lipinski definition) is 10. The largest absolute Gasteiger partial charge is 0.463 e. The molecule has 184 valence electrons. The van der Waals surface area contributed by atoms with Crippen molar-refractivity contribution in [2.45, 2.75) is 64.4 Å². The molecule has 3 unspecified atom stereocenters. The van der Waals surface area contributed by atoms with Crippen molar-refractivity contribution in [2.75, 3.05) is 6.61 Å². The molecule has 0 bridgehead atoms. The Morgan fingerprint density at radius 2 is 1.79 bits per heavy atom. The molecule has 0 saturated carbocycles. The van der Waals surface area contributed by atoms with Crippen molar-refractivity contribution >= 4 is 22.1 Å². The molecule has 34 heavy (non-hydrogen) atoms. The van der Waals surface area contributed by atoms with Gasteiger partial charge in [-0.1, -0.05) is 17.7 Å². The summed E-state index contributed by atoms with van der Waals surface area (Å²) in [4.78, 5) is 38.9. The molecule has 3 atom stereocenters. The molecule has 0 radical (unpaired) electrons. The van der Waals surface area contributed by atoms with Crippen LogP contribution in [-0.2, 0) is 33.9 Å². The Bertz CT molecular complexity index is 1250. The number of aromatic nitrogens is 2. The molecule has 1 fully saturated rings. The molecule has 2 aromatic rings. The highest BCUT2D eigenvalue weighted by atomic mass is 32.2. The van der Waals surface area contributed by atoms with E-state index in [1.54, 1.807) is 26.0 Å². The first-order valence-corrected chi connectivity index (χ1v) is 11.9. The Kier molecular flexibility index (Phi) is 7.41. The van der Waals surface area contributed by atoms with Gasteiger partial charge in [-0.15, -0.1) is 0 Å². The van der Waals surface area contributed by atoms with E-state index in [9.17, 15) is 22.8 Å². The van der Waals surface area contributed by atoms with E-state index in [0.29, 0.717) is 11.1 Å². The molecule has 11 nitrogen and oxygen atoms in total. The van der Waals surface area contributed by atoms with E-state index in [4.69, 9.17) is 18.4 Å². The van der Waals surface area contributed by atoms with E-state index < -0.39 is 52.1 Å². The third kappa shape index (κ3) is 5.81. The number of esters is 2. The fourth-order valence-corrected chi connectivity index (χ4v) is 5.24. The maximum absolute atomic E-state index is 12.8. The van der Waals surface area contributed by atoms with E-state index in [-0.39, 0.29) is 17.9 Å². The first-order valence-electron chi connectivity index (χ1n) is 10.4. The summed E-state index contributed by atoms with van der Waals surface area (Å²) in [6.07, 6.45) is -1.03. The van der Waals surface area contributed by atoms with Gasteiger partial charge in [-0.3, -0.25) is 14.2 Å². The summed E-state index contributed by atoms with van der Waals surface area (Å²) in [5.74, 6) is -1.48. The summed E-state index contributed by atoms with van der Waals surface area (Å²) in [6.45, 7) is 7.46. The maximum Gasteiger partial charge on any atom is 0.353 e. The number of aryl methyl sites for hydroxylation is 3. The Balaban J connectivity index is 1.82. The van der Waals surface area contributed by atoms with Crippen molar-refractivity contribution in [3.8, 4) is 5.88 Å². The number of rotatable bonds is 7. The Labute approximate surface area is 196 Å². The van der Waals surface area contributed by atoms with Gasteiger partial charge in [-0.05, 0) is 31.9 Å². The molecule has 1 aromatic heterocycles. The SMILES string of the molecule is CC(=O)OCC1OC(n2ccc(OS(=O)(=O)c3c(C)cc(C)cc3C)nc2=O)CC1OC(C)=O. The van der Waals surface area contributed by atoms with Crippen LogP contribution in [0.5, 0.6) is 5.88 Å². The second-order valence-corrected chi connectivity index (χ2v) is 9.52. The molecule has 0 spiro atoms. The number of ether oxygens (including phenoxy) is 3. The molecule has 1 saturated heterocycles. The minimum Gasteiger partial charge on any atom is -0.463 e. The lowest BCUT2D eigenvalue weighted by molar-refractivity contribution is -0.155. The standard InChI is InChI=1S/C22H26N2O9S/c1-12-8-13(2)21(14(3)9-12)34(28,29)33-19-6-7-24(22(27)23-19)20-10-17(31-16(5)26)18(32-20)11-30-15(4)25/h6-9,17-18,20H,10-11H2,1-5H3. The third-order valence-electron chi connectivity index (χ3n) is 5.11. The van der Waals surface area contributed by atoms with Gasteiger partial charge in [0, 0.05) is 32.5 Å². The summed E-state index contributed by atoms with van der Waals surface area (Å²) in [5, 5.41) is 0. The van der Waals surface area contributed by atoms with Crippen molar-refractivity contribution in [3.63, 3.8) is 0 Å². The Morgan fingerprint density at radius 1 is 1.15 bits per heavy atom.